The molecule has 4 aromatic rings. The molecule has 1 aliphatic rings. The predicted octanol–water partition coefficient (Wildman–Crippen LogP) is 5.81. The van der Waals surface area contributed by atoms with E-state index in [0.29, 0.717) is 5.75 Å². The van der Waals surface area contributed by atoms with Gasteiger partial charge in [-0.25, -0.2) is 4.98 Å². The standard InChI is InChI=1S/C26H23N3OS/c1-18-16-21-14-8-9-15-22(21)29(18)23(30)17-31-26-27-24(19-10-4-2-5-11-19)25(28-26)20-12-6-3-7-13-20/h2-15,18H,16-17H2,1H3,(H,27,28)/t18-/m0/s1. The van der Waals surface area contributed by atoms with Crippen molar-refractivity contribution in [1.82, 2.24) is 9.97 Å². The summed E-state index contributed by atoms with van der Waals surface area (Å²) >= 11 is 1.46. The zero-order valence-corrected chi connectivity index (χ0v) is 18.1. The predicted molar refractivity (Wildman–Crippen MR) is 127 cm³/mol. The first kappa shape index (κ1) is 19.6. The SMILES string of the molecule is C[C@H]1Cc2ccccc2N1C(=O)CSc1nc(-c2ccccc2)c(-c2ccccc2)[nH]1. The number of rotatable bonds is 5. The van der Waals surface area contributed by atoms with Gasteiger partial charge in [-0.1, -0.05) is 90.6 Å². The molecule has 154 valence electrons. The maximum atomic E-state index is 13.1. The van der Waals surface area contributed by atoms with E-state index >= 15 is 0 Å². The highest BCUT2D eigenvalue weighted by Crippen LogP contribution is 2.35. The Bertz CT molecular complexity index is 1150. The minimum absolute atomic E-state index is 0.112. The van der Waals surface area contributed by atoms with Gasteiger partial charge in [-0.2, -0.15) is 0 Å². The average molecular weight is 426 g/mol. The number of carbonyl (C=O) groups is 1. The number of aromatic amines is 1. The second-order valence-electron chi connectivity index (χ2n) is 7.73. The molecule has 5 heteroatoms. The number of thioether (sulfide) groups is 1. The summed E-state index contributed by atoms with van der Waals surface area (Å²) in [7, 11) is 0. The molecular formula is C26H23N3OS. The minimum atomic E-state index is 0.112. The molecular weight excluding hydrogens is 402 g/mol. The summed E-state index contributed by atoms with van der Waals surface area (Å²) in [5, 5.41) is 0.756. The molecule has 1 atom stereocenters. The molecule has 0 radical (unpaired) electrons. The fourth-order valence-electron chi connectivity index (χ4n) is 4.18. The molecule has 1 amide bonds. The normalized spacial score (nSPS) is 15.1. The Morgan fingerprint density at radius 2 is 1.61 bits per heavy atom. The van der Waals surface area contributed by atoms with Crippen LogP contribution >= 0.6 is 11.8 Å². The molecule has 1 N–H and O–H groups in total. The van der Waals surface area contributed by atoms with E-state index in [0.717, 1.165) is 39.8 Å². The molecule has 0 aliphatic carbocycles. The van der Waals surface area contributed by atoms with E-state index in [9.17, 15) is 4.79 Å². The largest absolute Gasteiger partial charge is 0.332 e. The Labute approximate surface area is 186 Å². The van der Waals surface area contributed by atoms with Crippen LogP contribution in [0.2, 0.25) is 0 Å². The molecule has 0 saturated carbocycles. The zero-order chi connectivity index (χ0) is 21.2. The maximum absolute atomic E-state index is 13.1. The van der Waals surface area contributed by atoms with Crippen molar-refractivity contribution in [3.05, 3.63) is 90.5 Å². The lowest BCUT2D eigenvalue weighted by molar-refractivity contribution is -0.116. The fourth-order valence-corrected chi connectivity index (χ4v) is 4.91. The Balaban J connectivity index is 1.40. The number of amides is 1. The van der Waals surface area contributed by atoms with Gasteiger partial charge in [-0.05, 0) is 25.0 Å². The number of hydrogen-bond donors (Lipinski definition) is 1. The molecule has 1 aromatic heterocycles. The van der Waals surface area contributed by atoms with E-state index in [-0.39, 0.29) is 11.9 Å². The molecule has 0 unspecified atom stereocenters. The van der Waals surface area contributed by atoms with Crippen LogP contribution in [0.3, 0.4) is 0 Å². The Hall–Kier alpha value is -3.31. The van der Waals surface area contributed by atoms with E-state index in [1.165, 1.54) is 17.3 Å². The highest BCUT2D eigenvalue weighted by molar-refractivity contribution is 7.99. The van der Waals surface area contributed by atoms with Crippen LogP contribution in [0.4, 0.5) is 5.69 Å². The summed E-state index contributed by atoms with van der Waals surface area (Å²) in [6.45, 7) is 2.11. The van der Waals surface area contributed by atoms with Gasteiger partial charge in [-0.15, -0.1) is 0 Å². The van der Waals surface area contributed by atoms with E-state index in [1.54, 1.807) is 0 Å². The number of nitrogens with one attached hydrogen (secondary N) is 1. The molecule has 2 heterocycles. The van der Waals surface area contributed by atoms with Crippen molar-refractivity contribution in [3.63, 3.8) is 0 Å². The summed E-state index contributed by atoms with van der Waals surface area (Å²) in [6.07, 6.45) is 0.906. The van der Waals surface area contributed by atoms with Crippen LogP contribution in [0.15, 0.2) is 90.1 Å². The van der Waals surface area contributed by atoms with Crippen molar-refractivity contribution < 1.29 is 4.79 Å². The van der Waals surface area contributed by atoms with Crippen LogP contribution in [0.5, 0.6) is 0 Å². The van der Waals surface area contributed by atoms with Gasteiger partial charge >= 0.3 is 0 Å². The van der Waals surface area contributed by atoms with Crippen molar-refractivity contribution in [2.75, 3.05) is 10.7 Å². The molecule has 0 spiro atoms. The molecule has 1 aliphatic heterocycles. The number of nitrogens with zero attached hydrogens (tertiary/aromatic N) is 2. The van der Waals surface area contributed by atoms with E-state index < -0.39 is 0 Å². The Morgan fingerprint density at radius 1 is 0.968 bits per heavy atom. The second kappa shape index (κ2) is 8.44. The monoisotopic (exact) mass is 425 g/mol. The lowest BCUT2D eigenvalue weighted by atomic mass is 10.1. The third-order valence-corrected chi connectivity index (χ3v) is 6.46. The maximum Gasteiger partial charge on any atom is 0.237 e. The van der Waals surface area contributed by atoms with Gasteiger partial charge in [0.25, 0.3) is 0 Å². The zero-order valence-electron chi connectivity index (χ0n) is 17.3. The number of hydrogen-bond acceptors (Lipinski definition) is 3. The molecule has 3 aromatic carbocycles. The fraction of sp³-hybridized carbons (Fsp3) is 0.154. The van der Waals surface area contributed by atoms with Gasteiger partial charge in [0.2, 0.25) is 5.91 Å². The van der Waals surface area contributed by atoms with Gasteiger partial charge in [-0.3, -0.25) is 4.79 Å². The lowest BCUT2D eigenvalue weighted by Crippen LogP contribution is -2.36. The van der Waals surface area contributed by atoms with Crippen LogP contribution in [0, 0.1) is 0 Å². The Kier molecular flexibility index (Phi) is 5.35. The van der Waals surface area contributed by atoms with E-state index in [2.05, 4.69) is 42.2 Å². The van der Waals surface area contributed by atoms with Gasteiger partial charge in [0, 0.05) is 22.9 Å². The average Bonchev–Trinajstić information content (AvgIpc) is 3.39. The second-order valence-corrected chi connectivity index (χ2v) is 8.70. The summed E-state index contributed by atoms with van der Waals surface area (Å²) in [5.41, 5.74) is 6.29. The number of aromatic nitrogens is 2. The molecule has 0 saturated heterocycles. The summed E-state index contributed by atoms with van der Waals surface area (Å²) in [6, 6.07) is 28.7. The number of benzene rings is 3. The number of carbonyl (C=O) groups excluding carboxylic acids is 1. The van der Waals surface area contributed by atoms with Crippen molar-refractivity contribution >= 4 is 23.4 Å². The van der Waals surface area contributed by atoms with Crippen molar-refractivity contribution in [2.24, 2.45) is 0 Å². The molecule has 4 nitrogen and oxygen atoms in total. The summed E-state index contributed by atoms with van der Waals surface area (Å²) in [4.78, 5) is 23.3. The third-order valence-electron chi connectivity index (χ3n) is 5.60. The highest BCUT2D eigenvalue weighted by atomic mass is 32.2. The van der Waals surface area contributed by atoms with Crippen LogP contribution in [0.1, 0.15) is 12.5 Å². The minimum Gasteiger partial charge on any atom is -0.332 e. The Morgan fingerprint density at radius 3 is 2.35 bits per heavy atom. The number of imidazole rings is 1. The van der Waals surface area contributed by atoms with Crippen molar-refractivity contribution in [3.8, 4) is 22.5 Å². The van der Waals surface area contributed by atoms with Crippen LogP contribution < -0.4 is 4.90 Å². The summed E-state index contributed by atoms with van der Waals surface area (Å²) in [5.74, 6) is 0.454. The van der Waals surface area contributed by atoms with Crippen molar-refractivity contribution in [1.29, 1.82) is 0 Å². The first-order valence-electron chi connectivity index (χ1n) is 10.4. The van der Waals surface area contributed by atoms with E-state index in [1.807, 2.05) is 59.5 Å². The quantitative estimate of drug-likeness (QED) is 0.410. The van der Waals surface area contributed by atoms with Crippen LogP contribution in [-0.2, 0) is 11.2 Å². The van der Waals surface area contributed by atoms with Gasteiger partial charge < -0.3 is 9.88 Å². The lowest BCUT2D eigenvalue weighted by Gasteiger charge is -2.22. The molecule has 5 rings (SSSR count). The first-order chi connectivity index (χ1) is 15.2. The molecule has 0 bridgehead atoms. The van der Waals surface area contributed by atoms with Gasteiger partial charge in [0.05, 0.1) is 17.1 Å². The van der Waals surface area contributed by atoms with Gasteiger partial charge in [0.1, 0.15) is 0 Å². The van der Waals surface area contributed by atoms with Crippen molar-refractivity contribution in [2.45, 2.75) is 24.5 Å². The smallest absolute Gasteiger partial charge is 0.237 e. The van der Waals surface area contributed by atoms with E-state index in [4.69, 9.17) is 4.98 Å². The molecule has 0 fully saturated rings. The molecule has 31 heavy (non-hydrogen) atoms. The number of H-pyrrole nitrogens is 1. The third kappa shape index (κ3) is 3.89. The summed E-state index contributed by atoms with van der Waals surface area (Å²) < 4.78 is 0. The highest BCUT2D eigenvalue weighted by Gasteiger charge is 2.30. The first-order valence-corrected chi connectivity index (χ1v) is 11.4. The number of para-hydroxylation sites is 1. The van der Waals surface area contributed by atoms with Crippen LogP contribution in [0.25, 0.3) is 22.5 Å². The van der Waals surface area contributed by atoms with Gasteiger partial charge in [0.15, 0.2) is 5.16 Å². The topological polar surface area (TPSA) is 49.0 Å². The number of anilines is 1. The van der Waals surface area contributed by atoms with Crippen LogP contribution in [-0.4, -0.2) is 27.7 Å². The number of fused-ring (bicyclic) bond motifs is 1.